The van der Waals surface area contributed by atoms with Crippen LogP contribution >= 0.6 is 0 Å². The number of nitrogens with one attached hydrogen (secondary N) is 1. The van der Waals surface area contributed by atoms with Crippen molar-refractivity contribution in [2.45, 2.75) is 46.0 Å². The molecule has 0 radical (unpaired) electrons. The second-order valence-corrected chi connectivity index (χ2v) is 4.68. The minimum Gasteiger partial charge on any atom is -0.362 e. The molecule has 2 rings (SSSR count). The first-order valence-electron chi connectivity index (χ1n) is 5.50. The molecule has 0 aliphatic heterocycles. The maximum atomic E-state index is 3.54. The average Bonchev–Trinajstić information content (AvgIpc) is 2.42. The molecule has 1 heterocycles. The molecule has 0 fully saturated rings. The van der Waals surface area contributed by atoms with E-state index < -0.39 is 0 Å². The number of hydrogen-bond donors (Lipinski definition) is 1. The van der Waals surface area contributed by atoms with Crippen LogP contribution in [0.25, 0.3) is 6.08 Å². The lowest BCUT2D eigenvalue weighted by Gasteiger charge is -2.15. The summed E-state index contributed by atoms with van der Waals surface area (Å²) in [5, 5.41) is 0. The molecule has 1 heteroatoms. The Bertz CT molecular complexity index is 369. The van der Waals surface area contributed by atoms with Gasteiger partial charge in [-0.25, -0.2) is 0 Å². The van der Waals surface area contributed by atoms with E-state index in [9.17, 15) is 0 Å². The maximum absolute atomic E-state index is 3.54. The fourth-order valence-electron chi connectivity index (χ4n) is 2.50. The van der Waals surface area contributed by atoms with E-state index in [1.54, 1.807) is 0 Å². The predicted molar refractivity (Wildman–Crippen MR) is 61.7 cm³/mol. The summed E-state index contributed by atoms with van der Waals surface area (Å²) < 4.78 is 0. The van der Waals surface area contributed by atoms with E-state index in [0.717, 1.165) is 0 Å². The first kappa shape index (κ1) is 9.57. The Labute approximate surface area is 86.2 Å². The Morgan fingerprint density at radius 3 is 2.79 bits per heavy atom. The number of hydrogen-bond acceptors (Lipinski definition) is 0. The lowest BCUT2D eigenvalue weighted by atomic mass is 9.89. The molecule has 1 N–H and O–H groups in total. The van der Waals surface area contributed by atoms with E-state index in [-0.39, 0.29) is 0 Å². The van der Waals surface area contributed by atoms with Crippen LogP contribution in [-0.4, -0.2) is 4.98 Å². The van der Waals surface area contributed by atoms with Crippen LogP contribution in [0.15, 0.2) is 6.08 Å². The third-order valence-electron chi connectivity index (χ3n) is 3.15. The van der Waals surface area contributed by atoms with E-state index in [2.05, 4.69) is 44.8 Å². The van der Waals surface area contributed by atoms with Crippen LogP contribution in [0.2, 0.25) is 0 Å². The number of aryl methyl sites for hydroxylation is 1. The molecule has 0 saturated carbocycles. The predicted octanol–water partition coefficient (Wildman–Crippen LogP) is 3.97. The Morgan fingerprint density at radius 1 is 1.43 bits per heavy atom. The Balaban J connectivity index is 2.59. The van der Waals surface area contributed by atoms with Gasteiger partial charge in [0.15, 0.2) is 0 Å². The summed E-state index contributed by atoms with van der Waals surface area (Å²) in [5.41, 5.74) is 5.75. The van der Waals surface area contributed by atoms with Crippen LogP contribution in [0.5, 0.6) is 0 Å². The fraction of sp³-hybridized carbons (Fsp3) is 0.538. The van der Waals surface area contributed by atoms with Crippen molar-refractivity contribution in [3.05, 3.63) is 28.6 Å². The van der Waals surface area contributed by atoms with Gasteiger partial charge < -0.3 is 4.98 Å². The molecule has 1 unspecified atom stereocenters. The fourth-order valence-corrected chi connectivity index (χ4v) is 2.50. The van der Waals surface area contributed by atoms with Crippen LogP contribution in [0, 0.1) is 6.92 Å². The highest BCUT2D eigenvalue weighted by Gasteiger charge is 2.21. The second kappa shape index (κ2) is 3.30. The SMILES string of the molecule is Cc1[nH]c2c(c1C(C)C)C=CCC2C. The molecular formula is C13H19N. The van der Waals surface area contributed by atoms with Crippen molar-refractivity contribution in [2.75, 3.05) is 0 Å². The van der Waals surface area contributed by atoms with Gasteiger partial charge >= 0.3 is 0 Å². The highest BCUT2D eigenvalue weighted by molar-refractivity contribution is 5.62. The molecule has 1 atom stereocenters. The van der Waals surface area contributed by atoms with Crippen molar-refractivity contribution in [2.24, 2.45) is 0 Å². The zero-order valence-electron chi connectivity index (χ0n) is 9.52. The van der Waals surface area contributed by atoms with Gasteiger partial charge in [0, 0.05) is 17.3 Å². The van der Waals surface area contributed by atoms with Crippen molar-refractivity contribution in [1.82, 2.24) is 4.98 Å². The number of aromatic amines is 1. The quantitative estimate of drug-likeness (QED) is 0.688. The number of H-pyrrole nitrogens is 1. The van der Waals surface area contributed by atoms with E-state index >= 15 is 0 Å². The summed E-state index contributed by atoms with van der Waals surface area (Å²) in [6.07, 6.45) is 5.75. The Kier molecular flexibility index (Phi) is 2.26. The highest BCUT2D eigenvalue weighted by Crippen LogP contribution is 2.35. The van der Waals surface area contributed by atoms with Crippen molar-refractivity contribution in [3.63, 3.8) is 0 Å². The minimum atomic E-state index is 0.616. The number of allylic oxidation sites excluding steroid dienone is 1. The normalized spacial score (nSPS) is 20.2. The van der Waals surface area contributed by atoms with E-state index in [1.807, 2.05) is 0 Å². The van der Waals surface area contributed by atoms with Gasteiger partial charge in [0.05, 0.1) is 0 Å². The molecule has 0 saturated heterocycles. The van der Waals surface area contributed by atoms with Crippen LogP contribution in [-0.2, 0) is 0 Å². The molecule has 0 aromatic carbocycles. The molecule has 0 spiro atoms. The molecular weight excluding hydrogens is 170 g/mol. The third kappa shape index (κ3) is 1.31. The van der Waals surface area contributed by atoms with Crippen molar-refractivity contribution < 1.29 is 0 Å². The number of fused-ring (bicyclic) bond motifs is 1. The lowest BCUT2D eigenvalue weighted by molar-refractivity contribution is 0.745. The smallest absolute Gasteiger partial charge is 0.0257 e. The molecule has 1 nitrogen and oxygen atoms in total. The largest absolute Gasteiger partial charge is 0.362 e. The molecule has 14 heavy (non-hydrogen) atoms. The van der Waals surface area contributed by atoms with Gasteiger partial charge in [-0.3, -0.25) is 0 Å². The molecule has 1 aliphatic rings. The van der Waals surface area contributed by atoms with Gasteiger partial charge in [-0.2, -0.15) is 0 Å². The molecule has 76 valence electrons. The number of aromatic nitrogens is 1. The topological polar surface area (TPSA) is 15.8 Å². The summed E-state index contributed by atoms with van der Waals surface area (Å²) in [7, 11) is 0. The molecule has 0 amide bonds. The lowest BCUT2D eigenvalue weighted by Crippen LogP contribution is -1.99. The van der Waals surface area contributed by atoms with Gasteiger partial charge in [-0.05, 0) is 30.4 Å². The maximum Gasteiger partial charge on any atom is 0.0257 e. The second-order valence-electron chi connectivity index (χ2n) is 4.68. The third-order valence-corrected chi connectivity index (χ3v) is 3.15. The average molecular weight is 189 g/mol. The molecule has 1 aliphatic carbocycles. The molecule has 1 aromatic rings. The summed E-state index contributed by atoms with van der Waals surface area (Å²) in [6.45, 7) is 9.02. The van der Waals surface area contributed by atoms with Gasteiger partial charge in [0.25, 0.3) is 0 Å². The van der Waals surface area contributed by atoms with Gasteiger partial charge in [0.2, 0.25) is 0 Å². The van der Waals surface area contributed by atoms with Crippen LogP contribution in [0.3, 0.4) is 0 Å². The summed E-state index contributed by atoms with van der Waals surface area (Å²) in [5.74, 6) is 1.27. The summed E-state index contributed by atoms with van der Waals surface area (Å²) in [4.78, 5) is 3.54. The standard InChI is InChI=1S/C13H19N/c1-8(2)12-10(4)14-13-9(3)6-5-7-11(12)13/h5,7-9,14H,6H2,1-4H3. The van der Waals surface area contributed by atoms with E-state index in [1.165, 1.54) is 28.9 Å². The Hall–Kier alpha value is -0.980. The van der Waals surface area contributed by atoms with Crippen LogP contribution in [0.4, 0.5) is 0 Å². The van der Waals surface area contributed by atoms with Gasteiger partial charge in [0.1, 0.15) is 0 Å². The minimum absolute atomic E-state index is 0.616. The zero-order valence-corrected chi connectivity index (χ0v) is 9.52. The van der Waals surface area contributed by atoms with Crippen molar-refractivity contribution >= 4 is 6.08 Å². The van der Waals surface area contributed by atoms with E-state index in [4.69, 9.17) is 0 Å². The van der Waals surface area contributed by atoms with Gasteiger partial charge in [-0.1, -0.05) is 32.9 Å². The first-order valence-corrected chi connectivity index (χ1v) is 5.50. The first-order chi connectivity index (χ1) is 6.61. The molecule has 1 aromatic heterocycles. The van der Waals surface area contributed by atoms with Crippen molar-refractivity contribution in [1.29, 1.82) is 0 Å². The van der Waals surface area contributed by atoms with E-state index in [0.29, 0.717) is 11.8 Å². The zero-order chi connectivity index (χ0) is 10.3. The van der Waals surface area contributed by atoms with Crippen molar-refractivity contribution in [3.8, 4) is 0 Å². The Morgan fingerprint density at radius 2 is 2.14 bits per heavy atom. The number of rotatable bonds is 1. The molecule has 0 bridgehead atoms. The summed E-state index contributed by atoms with van der Waals surface area (Å²) in [6, 6.07) is 0. The summed E-state index contributed by atoms with van der Waals surface area (Å²) >= 11 is 0. The van der Waals surface area contributed by atoms with Crippen LogP contribution < -0.4 is 0 Å². The monoisotopic (exact) mass is 189 g/mol. The van der Waals surface area contributed by atoms with Crippen LogP contribution in [0.1, 0.15) is 61.5 Å². The highest BCUT2D eigenvalue weighted by atomic mass is 14.7. The van der Waals surface area contributed by atoms with Gasteiger partial charge in [-0.15, -0.1) is 0 Å².